The number of piperidine rings is 1. The molecule has 0 spiro atoms. The first-order valence-electron chi connectivity index (χ1n) is 18.3. The number of likely N-dealkylation sites (tertiary alicyclic amines) is 1. The minimum Gasteiger partial charge on any atom is -0.444 e. The molecule has 1 saturated heterocycles. The lowest BCUT2D eigenvalue weighted by molar-refractivity contribution is -0.145. The molecular weight excluding hydrogens is 668 g/mol. The van der Waals surface area contributed by atoms with E-state index in [4.69, 9.17) is 4.74 Å². The molecule has 1 unspecified atom stereocenters. The SMILES string of the molecule is CCCC(NC(=O)[C@@H]1[C@@H]2[C@H](CN1C(=O)[C@@H](NC(=O)OC(C)(C)C)C1CCCC1)C2(C)C)C(=O)C(=O)NCC(=O)N[C@H](C(=O)N(C)C)c1ccccc1. The first-order chi connectivity index (χ1) is 24.4. The third-order valence-electron chi connectivity index (χ3n) is 10.5. The van der Waals surface area contributed by atoms with Gasteiger partial charge in [-0.1, -0.05) is 70.4 Å². The van der Waals surface area contributed by atoms with E-state index in [0.29, 0.717) is 18.5 Å². The molecule has 3 fully saturated rings. The molecule has 14 nitrogen and oxygen atoms in total. The second-order valence-electron chi connectivity index (χ2n) is 16.1. The summed E-state index contributed by atoms with van der Waals surface area (Å²) in [4.78, 5) is 96.3. The first-order valence-corrected chi connectivity index (χ1v) is 18.3. The number of ketones is 1. The molecule has 3 aliphatic rings. The number of rotatable bonds is 14. The fourth-order valence-corrected chi connectivity index (χ4v) is 7.72. The summed E-state index contributed by atoms with van der Waals surface area (Å²) in [6.45, 7) is 10.9. The molecule has 4 rings (SSSR count). The molecule has 286 valence electrons. The maximum absolute atomic E-state index is 14.3. The Labute approximate surface area is 306 Å². The van der Waals surface area contributed by atoms with E-state index in [1.54, 1.807) is 65.2 Å². The maximum atomic E-state index is 14.3. The highest BCUT2D eigenvalue weighted by Crippen LogP contribution is 2.65. The molecule has 6 amide bonds. The first kappa shape index (κ1) is 40.3. The Morgan fingerprint density at radius 2 is 1.60 bits per heavy atom. The number of Topliss-reactive ketones (excluding diaryl/α,β-unsaturated/α-hetero) is 1. The van der Waals surface area contributed by atoms with Crippen molar-refractivity contribution in [1.82, 2.24) is 31.1 Å². The number of hydrogen-bond donors (Lipinski definition) is 4. The average molecular weight is 725 g/mol. The van der Waals surface area contributed by atoms with Crippen molar-refractivity contribution in [1.29, 1.82) is 0 Å². The van der Waals surface area contributed by atoms with Crippen molar-refractivity contribution < 1.29 is 38.3 Å². The van der Waals surface area contributed by atoms with Gasteiger partial charge in [-0.2, -0.15) is 0 Å². The summed E-state index contributed by atoms with van der Waals surface area (Å²) in [6, 6.07) is 4.68. The molecule has 2 saturated carbocycles. The van der Waals surface area contributed by atoms with Crippen LogP contribution in [0, 0.1) is 23.2 Å². The molecule has 1 aliphatic heterocycles. The van der Waals surface area contributed by atoms with Crippen LogP contribution < -0.4 is 21.3 Å². The lowest BCUT2D eigenvalue weighted by Crippen LogP contribution is -2.59. The number of carbonyl (C=O) groups is 7. The second kappa shape index (κ2) is 16.5. The normalized spacial score (nSPS) is 22.2. The van der Waals surface area contributed by atoms with Crippen LogP contribution in [0.1, 0.15) is 91.7 Å². The monoisotopic (exact) mass is 724 g/mol. The van der Waals surface area contributed by atoms with Crippen molar-refractivity contribution in [3.8, 4) is 0 Å². The van der Waals surface area contributed by atoms with Gasteiger partial charge in [0, 0.05) is 20.6 Å². The third-order valence-corrected chi connectivity index (χ3v) is 10.5. The Morgan fingerprint density at radius 1 is 0.962 bits per heavy atom. The van der Waals surface area contributed by atoms with E-state index in [2.05, 4.69) is 21.3 Å². The predicted molar refractivity (Wildman–Crippen MR) is 192 cm³/mol. The minimum absolute atomic E-state index is 0.0548. The average Bonchev–Trinajstić information content (AvgIpc) is 3.52. The van der Waals surface area contributed by atoms with Crippen molar-refractivity contribution in [3.05, 3.63) is 35.9 Å². The zero-order valence-electron chi connectivity index (χ0n) is 31.7. The summed E-state index contributed by atoms with van der Waals surface area (Å²) in [5, 5.41) is 10.5. The van der Waals surface area contributed by atoms with Gasteiger partial charge >= 0.3 is 6.09 Å². The van der Waals surface area contributed by atoms with Gasteiger partial charge in [-0.15, -0.1) is 0 Å². The quantitative estimate of drug-likeness (QED) is 0.211. The van der Waals surface area contributed by atoms with Crippen molar-refractivity contribution in [2.24, 2.45) is 23.2 Å². The number of likely N-dealkylation sites (N-methyl/N-ethyl adjacent to an activating group) is 1. The molecule has 2 aliphatic carbocycles. The molecule has 0 bridgehead atoms. The van der Waals surface area contributed by atoms with Gasteiger partial charge in [0.25, 0.3) is 5.91 Å². The molecule has 1 heterocycles. The summed E-state index contributed by atoms with van der Waals surface area (Å²) < 4.78 is 5.48. The molecule has 52 heavy (non-hydrogen) atoms. The van der Waals surface area contributed by atoms with Crippen LogP contribution in [0.15, 0.2) is 30.3 Å². The van der Waals surface area contributed by atoms with Crippen molar-refractivity contribution >= 4 is 41.4 Å². The van der Waals surface area contributed by atoms with E-state index >= 15 is 0 Å². The Hall–Kier alpha value is -4.49. The van der Waals surface area contributed by atoms with Crippen LogP contribution in [0.5, 0.6) is 0 Å². The third kappa shape index (κ3) is 9.48. The van der Waals surface area contributed by atoms with E-state index in [9.17, 15) is 33.6 Å². The number of ether oxygens (including phenoxy) is 1. The number of carbonyl (C=O) groups excluding carboxylic acids is 7. The van der Waals surface area contributed by atoms with Crippen molar-refractivity contribution in [3.63, 3.8) is 0 Å². The largest absolute Gasteiger partial charge is 0.444 e. The molecular formula is C38H56N6O8. The van der Waals surface area contributed by atoms with Gasteiger partial charge in [0.1, 0.15) is 23.7 Å². The molecule has 0 radical (unpaired) electrons. The molecule has 1 aromatic carbocycles. The van der Waals surface area contributed by atoms with Gasteiger partial charge < -0.3 is 35.8 Å². The highest BCUT2D eigenvalue weighted by molar-refractivity contribution is 6.38. The fraction of sp³-hybridized carbons (Fsp3) is 0.658. The van der Waals surface area contributed by atoms with Crippen LogP contribution >= 0.6 is 0 Å². The summed E-state index contributed by atoms with van der Waals surface area (Å²) in [5.41, 5.74) is -0.430. The zero-order chi connectivity index (χ0) is 38.5. The lowest BCUT2D eigenvalue weighted by atomic mass is 9.94. The van der Waals surface area contributed by atoms with Crippen LogP contribution in [-0.4, -0.2) is 102 Å². The van der Waals surface area contributed by atoms with Crippen molar-refractivity contribution in [2.75, 3.05) is 27.2 Å². The number of alkyl carbamates (subject to hydrolysis) is 1. The van der Waals surface area contributed by atoms with Crippen molar-refractivity contribution in [2.45, 2.75) is 110 Å². The summed E-state index contributed by atoms with van der Waals surface area (Å²) >= 11 is 0. The van der Waals surface area contributed by atoms with Crippen LogP contribution in [-0.2, 0) is 33.5 Å². The second-order valence-corrected chi connectivity index (χ2v) is 16.1. The van der Waals surface area contributed by atoms with Crippen LogP contribution in [0.2, 0.25) is 0 Å². The highest BCUT2D eigenvalue weighted by Gasteiger charge is 2.69. The topological polar surface area (TPSA) is 183 Å². The Balaban J connectivity index is 1.44. The zero-order valence-corrected chi connectivity index (χ0v) is 31.7. The van der Waals surface area contributed by atoms with E-state index in [-0.39, 0.29) is 41.4 Å². The predicted octanol–water partition coefficient (Wildman–Crippen LogP) is 2.47. The number of nitrogens with one attached hydrogen (secondary N) is 4. The Bertz CT molecular complexity index is 1520. The lowest BCUT2D eigenvalue weighted by Gasteiger charge is -2.35. The number of fused-ring (bicyclic) bond motifs is 1. The molecule has 6 atom stereocenters. The summed E-state index contributed by atoms with van der Waals surface area (Å²) in [7, 11) is 3.13. The van der Waals surface area contributed by atoms with Gasteiger partial charge in [0.2, 0.25) is 29.4 Å². The van der Waals surface area contributed by atoms with Gasteiger partial charge in [-0.05, 0) is 68.8 Å². The smallest absolute Gasteiger partial charge is 0.408 e. The Morgan fingerprint density at radius 3 is 2.17 bits per heavy atom. The number of hydrogen-bond acceptors (Lipinski definition) is 8. The molecule has 1 aromatic rings. The van der Waals surface area contributed by atoms with Crippen LogP contribution in [0.3, 0.4) is 0 Å². The fourth-order valence-electron chi connectivity index (χ4n) is 7.72. The van der Waals surface area contributed by atoms with Gasteiger partial charge in [0.15, 0.2) is 0 Å². The summed E-state index contributed by atoms with van der Waals surface area (Å²) in [5.74, 6) is -4.15. The van der Waals surface area contributed by atoms with Gasteiger partial charge in [-0.25, -0.2) is 4.79 Å². The number of nitrogens with zero attached hydrogens (tertiary/aromatic N) is 2. The van der Waals surface area contributed by atoms with E-state index in [1.807, 2.05) is 20.8 Å². The highest BCUT2D eigenvalue weighted by atomic mass is 16.6. The van der Waals surface area contributed by atoms with E-state index < -0.39 is 65.9 Å². The van der Waals surface area contributed by atoms with Gasteiger partial charge in [0.05, 0.1) is 12.6 Å². The van der Waals surface area contributed by atoms with Crippen LogP contribution in [0.4, 0.5) is 4.79 Å². The maximum Gasteiger partial charge on any atom is 0.408 e. The number of benzene rings is 1. The molecule has 4 N–H and O–H groups in total. The molecule has 14 heteroatoms. The van der Waals surface area contributed by atoms with Crippen LogP contribution in [0.25, 0.3) is 0 Å². The molecule has 0 aromatic heterocycles. The summed E-state index contributed by atoms with van der Waals surface area (Å²) in [6.07, 6.45) is 3.29. The standard InChI is InChI=1S/C38H56N6O8/c1-9-15-25(31(46)33(48)39-20-26(45)41-28(34(49)43(7)8)22-16-11-10-12-17-22)40-32(47)30-27-24(38(27,5)6)21-44(30)35(50)29(23-18-13-14-19-23)42-36(51)52-37(2,3)4/h10-12,16-17,23-25,27-30H,9,13-15,18-21H2,1-8H3,(H,39,48)(H,40,47)(H,41,45)(H,42,51)/t24-,25?,27-,28-,29-,30-/m0/s1. The Kier molecular flexibility index (Phi) is 12.7. The van der Waals surface area contributed by atoms with Gasteiger partial charge in [-0.3, -0.25) is 28.8 Å². The van der Waals surface area contributed by atoms with E-state index in [1.165, 1.54) is 9.80 Å². The minimum atomic E-state index is -1.20. The number of amides is 6. The van der Waals surface area contributed by atoms with E-state index in [0.717, 1.165) is 25.7 Å².